The van der Waals surface area contributed by atoms with Crippen molar-refractivity contribution >= 4 is 82.0 Å². The van der Waals surface area contributed by atoms with Gasteiger partial charge in [-0.15, -0.1) is 0 Å². The van der Waals surface area contributed by atoms with Crippen LogP contribution in [-0.4, -0.2) is 159 Å². The Labute approximate surface area is 445 Å². The van der Waals surface area contributed by atoms with Gasteiger partial charge < -0.3 is 68.4 Å². The SMILES string of the molecule is C[C@@H]1NC(=O)[C@H](CC(=O)O)NC(=O)CNC(=O)[C@H](CCCN=C(N)N)NC(=O)[C@@H]2CCCN2C(C(=O)NC(C)(C)C)C(CSCCNC(=O)c2ccc(-c3c4ccc(=O)cc-4oc4cc(O)ccc34)c(C(=O)O)c2)NC1=O. The van der Waals surface area contributed by atoms with Crippen molar-refractivity contribution in [1.29, 1.82) is 0 Å². The quantitative estimate of drug-likeness (QED) is 0.0317. The summed E-state index contributed by atoms with van der Waals surface area (Å²) in [5.41, 5.74) is 10.7. The Balaban J connectivity index is 1.27. The fourth-order valence-corrected chi connectivity index (χ4v) is 9.98. The first-order valence-electron chi connectivity index (χ1n) is 24.7. The molecule has 26 heteroatoms. The number of fused-ring (bicyclic) bond motifs is 3. The molecule has 2 aromatic rings. The Kier molecular flexibility index (Phi) is 19.2. The minimum absolute atomic E-state index is 0.00576. The van der Waals surface area contributed by atoms with E-state index in [4.69, 9.17) is 15.9 Å². The maximum absolute atomic E-state index is 14.6. The molecule has 3 aliphatic heterocycles. The summed E-state index contributed by atoms with van der Waals surface area (Å²) in [6, 6.07) is 4.72. The van der Waals surface area contributed by atoms with E-state index in [0.29, 0.717) is 22.9 Å². The predicted octanol–water partition coefficient (Wildman–Crippen LogP) is -0.203. The zero-order valence-electron chi connectivity index (χ0n) is 42.7. The van der Waals surface area contributed by atoms with Crippen molar-refractivity contribution in [3.8, 4) is 28.2 Å². The number of aromatic carboxylic acids is 1. The van der Waals surface area contributed by atoms with E-state index in [0.717, 1.165) is 0 Å². The number of carboxylic acid groups (broad SMARTS) is 2. The molecule has 2 aromatic carbocycles. The third-order valence-corrected chi connectivity index (χ3v) is 13.6. The lowest BCUT2D eigenvalue weighted by Crippen LogP contribution is -2.66. The van der Waals surface area contributed by atoms with Crippen LogP contribution in [0, 0.1) is 0 Å². The molecular weight excluding hydrogens is 1020 g/mol. The number of thioether (sulfide) groups is 1. The number of aliphatic imine (C=N–C) groups is 1. The normalized spacial score (nSPS) is 21.0. The first-order valence-corrected chi connectivity index (χ1v) is 25.8. The second-order valence-corrected chi connectivity index (χ2v) is 20.7. The number of nitrogens with zero attached hydrogens (tertiary/aromatic N) is 2. The maximum Gasteiger partial charge on any atom is 0.336 e. The lowest BCUT2D eigenvalue weighted by Gasteiger charge is -2.39. The number of aliphatic carboxylic acids is 1. The van der Waals surface area contributed by atoms with Crippen molar-refractivity contribution in [3.63, 3.8) is 0 Å². The number of carbonyl (C=O) groups is 9. The minimum Gasteiger partial charge on any atom is -0.508 e. The number of amides is 7. The largest absolute Gasteiger partial charge is 0.508 e. The smallest absolute Gasteiger partial charge is 0.336 e. The number of phenolic OH excluding ortho intramolecular Hbond substituents is 1. The van der Waals surface area contributed by atoms with E-state index in [-0.39, 0.29) is 95.6 Å². The highest BCUT2D eigenvalue weighted by Crippen LogP contribution is 2.42. The summed E-state index contributed by atoms with van der Waals surface area (Å²) in [5, 5.41) is 49.1. The molecule has 77 heavy (non-hydrogen) atoms. The fourth-order valence-electron chi connectivity index (χ4n) is 9.05. The summed E-state index contributed by atoms with van der Waals surface area (Å²) in [5.74, 6) is -8.29. The summed E-state index contributed by atoms with van der Waals surface area (Å²) < 4.78 is 5.91. The number of benzene rings is 3. The van der Waals surface area contributed by atoms with E-state index in [1.807, 2.05) is 0 Å². The van der Waals surface area contributed by atoms with Crippen molar-refractivity contribution < 1.29 is 62.9 Å². The average Bonchev–Trinajstić information content (AvgIpc) is 3.84. The molecule has 0 aromatic heterocycles. The van der Waals surface area contributed by atoms with Crippen LogP contribution in [-0.2, 0) is 33.6 Å². The van der Waals surface area contributed by atoms with Gasteiger partial charge in [0.2, 0.25) is 35.4 Å². The minimum atomic E-state index is -1.70. The van der Waals surface area contributed by atoms with Gasteiger partial charge in [-0.05, 0) is 102 Å². The first kappa shape index (κ1) is 58.0. The topological polar surface area (TPSA) is 396 Å². The first-order chi connectivity index (χ1) is 36.4. The van der Waals surface area contributed by atoms with E-state index in [1.54, 1.807) is 31.7 Å². The van der Waals surface area contributed by atoms with Gasteiger partial charge >= 0.3 is 11.9 Å². The standard InChI is InChI=1S/C51H63N11O14S/c1-25-43(68)60-35(24-77-18-16-54-44(69)26-9-12-29(32(19-26)49(74)75)41-30-13-10-27(63)20-37(30)76-38-21-28(64)11-14-31(38)41)42(48(73)61-51(2,3)4)62-17-6-8-36(62)47(72)59-33(7-5-15-55-50(52)53)45(70)56-23-39(65)58-34(22-40(66)67)46(71)57-25/h9-14,19-21,25,33-36,42,63H,5-8,15-18,22-24H2,1-4H3,(H,54,69)(H,56,70)(H,57,71)(H,58,65)(H,59,72)(H,60,68)(H,61,73)(H,66,67)(H,74,75)(H4,52,53,55)/t25-,33-,34-,35?,36-,42?/m0/s1. The molecular formula is C51H63N11O14S. The van der Waals surface area contributed by atoms with E-state index >= 15 is 0 Å². The lowest BCUT2D eigenvalue weighted by atomic mass is 9.90. The number of hydrogen-bond acceptors (Lipinski definition) is 15. The molecule has 2 unspecified atom stereocenters. The molecule has 25 nitrogen and oxygen atoms in total. The Morgan fingerprint density at radius 3 is 2.31 bits per heavy atom. The van der Waals surface area contributed by atoms with E-state index in [2.05, 4.69) is 42.2 Å². The van der Waals surface area contributed by atoms with E-state index in [1.165, 1.54) is 67.2 Å². The van der Waals surface area contributed by atoms with Crippen LogP contribution in [0.25, 0.3) is 33.4 Å². The Hall–Kier alpha value is -8.26. The van der Waals surface area contributed by atoms with Gasteiger partial charge in [-0.2, -0.15) is 11.8 Å². The molecule has 6 rings (SSSR count). The molecule has 0 saturated carbocycles. The highest BCUT2D eigenvalue weighted by atomic mass is 32.2. The van der Waals surface area contributed by atoms with Crippen molar-refractivity contribution in [2.45, 2.75) is 102 Å². The molecule has 0 bridgehead atoms. The number of nitrogens with one attached hydrogen (secondary N) is 7. The van der Waals surface area contributed by atoms with E-state index in [9.17, 15) is 63.3 Å². The number of phenols is 1. The van der Waals surface area contributed by atoms with Crippen molar-refractivity contribution in [2.24, 2.45) is 16.5 Å². The van der Waals surface area contributed by atoms with Gasteiger partial charge in [-0.3, -0.25) is 53.0 Å². The van der Waals surface area contributed by atoms with E-state index < -0.39 is 108 Å². The number of carbonyl (C=O) groups excluding carboxylic acids is 7. The summed E-state index contributed by atoms with van der Waals surface area (Å²) in [6.07, 6.45) is -0.0458. The lowest BCUT2D eigenvalue weighted by molar-refractivity contribution is -0.141. The molecule has 0 radical (unpaired) electrons. The molecule has 2 saturated heterocycles. The van der Waals surface area contributed by atoms with Gasteiger partial charge in [0, 0.05) is 64.3 Å². The number of carboxylic acids is 2. The van der Waals surface area contributed by atoms with Gasteiger partial charge in [-0.25, -0.2) is 4.79 Å². The van der Waals surface area contributed by atoms with Crippen LogP contribution >= 0.6 is 11.8 Å². The Morgan fingerprint density at radius 2 is 1.61 bits per heavy atom. The number of rotatable bonds is 15. The Morgan fingerprint density at radius 1 is 0.870 bits per heavy atom. The van der Waals surface area contributed by atoms with Gasteiger partial charge in [0.05, 0.1) is 30.6 Å². The zero-order chi connectivity index (χ0) is 56.3. The average molecular weight is 1090 g/mol. The maximum atomic E-state index is 14.6. The summed E-state index contributed by atoms with van der Waals surface area (Å²) in [7, 11) is 0. The summed E-state index contributed by atoms with van der Waals surface area (Å²) in [6.45, 7) is 6.09. The molecule has 2 fully saturated rings. The van der Waals surface area contributed by atoms with Crippen LogP contribution in [0.3, 0.4) is 0 Å². The van der Waals surface area contributed by atoms with Crippen LogP contribution in [0.15, 0.2) is 68.8 Å². The van der Waals surface area contributed by atoms with Crippen LogP contribution in [0.1, 0.15) is 80.5 Å². The molecule has 0 spiro atoms. The van der Waals surface area contributed by atoms with Crippen LogP contribution in [0.5, 0.6) is 5.75 Å². The molecule has 4 aliphatic rings. The van der Waals surface area contributed by atoms with Gasteiger partial charge in [0.1, 0.15) is 41.3 Å². The van der Waals surface area contributed by atoms with Crippen LogP contribution in [0.2, 0.25) is 0 Å². The molecule has 14 N–H and O–H groups in total. The molecule has 1 aliphatic carbocycles. The fraction of sp³-hybridized carbons (Fsp3) is 0.431. The predicted molar refractivity (Wildman–Crippen MR) is 283 cm³/mol. The molecule has 7 amide bonds. The number of hydrogen-bond donors (Lipinski definition) is 12. The van der Waals surface area contributed by atoms with Crippen LogP contribution in [0.4, 0.5) is 0 Å². The Bertz CT molecular complexity index is 2990. The summed E-state index contributed by atoms with van der Waals surface area (Å²) in [4.78, 5) is 139. The van der Waals surface area contributed by atoms with Crippen molar-refractivity contribution in [2.75, 3.05) is 37.7 Å². The highest BCUT2D eigenvalue weighted by Gasteiger charge is 2.45. The highest BCUT2D eigenvalue weighted by molar-refractivity contribution is 7.99. The molecule has 3 heterocycles. The van der Waals surface area contributed by atoms with Gasteiger partial charge in [0.15, 0.2) is 11.4 Å². The third kappa shape index (κ3) is 15.4. The zero-order valence-corrected chi connectivity index (χ0v) is 43.5. The third-order valence-electron chi connectivity index (χ3n) is 12.5. The second-order valence-electron chi connectivity index (χ2n) is 19.6. The van der Waals surface area contributed by atoms with Crippen LogP contribution < -0.4 is 54.1 Å². The number of guanidine groups is 1. The number of nitrogens with two attached hydrogens (primary N) is 2. The summed E-state index contributed by atoms with van der Waals surface area (Å²) >= 11 is 1.20. The number of aromatic hydroxyl groups is 1. The monoisotopic (exact) mass is 1090 g/mol. The second kappa shape index (κ2) is 25.5. The van der Waals surface area contributed by atoms with Crippen molar-refractivity contribution in [1.82, 2.24) is 42.1 Å². The molecule has 412 valence electrons. The van der Waals surface area contributed by atoms with Crippen molar-refractivity contribution in [3.05, 3.63) is 75.9 Å². The van der Waals surface area contributed by atoms with Gasteiger partial charge in [-0.1, -0.05) is 6.07 Å². The van der Waals surface area contributed by atoms with Gasteiger partial charge in [0.25, 0.3) is 5.91 Å². The molecule has 6 atom stereocenters.